The van der Waals surface area contributed by atoms with E-state index in [0.29, 0.717) is 13.1 Å². The Morgan fingerprint density at radius 1 is 1.38 bits per heavy atom. The van der Waals surface area contributed by atoms with Gasteiger partial charge in [0.25, 0.3) is 5.91 Å². The van der Waals surface area contributed by atoms with Gasteiger partial charge in [0.05, 0.1) is 5.56 Å². The van der Waals surface area contributed by atoms with Gasteiger partial charge in [0.15, 0.2) is 0 Å². The van der Waals surface area contributed by atoms with E-state index >= 15 is 0 Å². The molecule has 0 spiro atoms. The third-order valence-corrected chi connectivity index (χ3v) is 3.41. The number of ether oxygens (including phenoxy) is 1. The molecule has 1 amide bonds. The molecule has 0 aromatic heterocycles. The number of piperidine rings is 1. The quantitative estimate of drug-likeness (QED) is 0.933. The molecular weight excluding hydrogens is 287 g/mol. The number of alkyl halides is 3. The number of benzene rings is 1. The molecule has 1 aliphatic heterocycles. The van der Waals surface area contributed by atoms with Gasteiger partial charge in [0.2, 0.25) is 0 Å². The SMILES string of the molecule is O=C(c1ccccc1OC(F)(F)F)N1CCCC(CO)C1. The lowest BCUT2D eigenvalue weighted by molar-refractivity contribution is -0.274. The van der Waals surface area contributed by atoms with Crippen molar-refractivity contribution in [1.82, 2.24) is 4.90 Å². The van der Waals surface area contributed by atoms with Crippen molar-refractivity contribution in [3.63, 3.8) is 0 Å². The first kappa shape index (κ1) is 15.6. The van der Waals surface area contributed by atoms with E-state index in [9.17, 15) is 18.0 Å². The first-order valence-corrected chi connectivity index (χ1v) is 6.65. The molecule has 0 aliphatic carbocycles. The van der Waals surface area contributed by atoms with Gasteiger partial charge < -0.3 is 14.7 Å². The number of aliphatic hydroxyl groups excluding tert-OH is 1. The van der Waals surface area contributed by atoms with E-state index < -0.39 is 18.0 Å². The number of carbonyl (C=O) groups excluding carboxylic acids is 1. The summed E-state index contributed by atoms with van der Waals surface area (Å²) in [5.74, 6) is -1.03. The van der Waals surface area contributed by atoms with Gasteiger partial charge in [-0.25, -0.2) is 0 Å². The smallest absolute Gasteiger partial charge is 0.405 e. The van der Waals surface area contributed by atoms with Gasteiger partial charge in [-0.15, -0.1) is 13.2 Å². The van der Waals surface area contributed by atoms with Gasteiger partial charge in [-0.3, -0.25) is 4.79 Å². The van der Waals surface area contributed by atoms with Crippen LogP contribution in [0.2, 0.25) is 0 Å². The molecule has 1 fully saturated rings. The molecule has 116 valence electrons. The highest BCUT2D eigenvalue weighted by molar-refractivity contribution is 5.97. The highest BCUT2D eigenvalue weighted by Crippen LogP contribution is 2.28. The molecule has 1 aliphatic rings. The lowest BCUT2D eigenvalue weighted by Gasteiger charge is -2.32. The van der Waals surface area contributed by atoms with Crippen molar-refractivity contribution >= 4 is 5.91 Å². The van der Waals surface area contributed by atoms with Crippen molar-refractivity contribution in [3.05, 3.63) is 29.8 Å². The average Bonchev–Trinajstić information content (AvgIpc) is 2.45. The van der Waals surface area contributed by atoms with Crippen LogP contribution in [0.5, 0.6) is 5.75 Å². The summed E-state index contributed by atoms with van der Waals surface area (Å²) in [6.45, 7) is 0.774. The molecule has 4 nitrogen and oxygen atoms in total. The van der Waals surface area contributed by atoms with Crippen LogP contribution in [-0.2, 0) is 0 Å². The fourth-order valence-electron chi connectivity index (χ4n) is 2.43. The molecule has 21 heavy (non-hydrogen) atoms. The molecule has 7 heteroatoms. The van der Waals surface area contributed by atoms with Crippen LogP contribution in [0.15, 0.2) is 24.3 Å². The molecule has 1 N–H and O–H groups in total. The van der Waals surface area contributed by atoms with E-state index in [1.165, 1.54) is 23.1 Å². The van der Waals surface area contributed by atoms with Crippen molar-refractivity contribution in [2.45, 2.75) is 19.2 Å². The number of halogens is 3. The number of amides is 1. The second-order valence-corrected chi connectivity index (χ2v) is 4.99. The van der Waals surface area contributed by atoms with Crippen LogP contribution in [0.25, 0.3) is 0 Å². The summed E-state index contributed by atoms with van der Waals surface area (Å²) in [5.41, 5.74) is -0.117. The van der Waals surface area contributed by atoms with Crippen molar-refractivity contribution in [3.8, 4) is 5.75 Å². The number of nitrogens with zero attached hydrogens (tertiary/aromatic N) is 1. The third kappa shape index (κ3) is 4.10. The van der Waals surface area contributed by atoms with Crippen molar-refractivity contribution in [2.75, 3.05) is 19.7 Å². The first-order chi connectivity index (χ1) is 9.90. The Hall–Kier alpha value is -1.76. The fraction of sp³-hybridized carbons (Fsp3) is 0.500. The van der Waals surface area contributed by atoms with E-state index in [1.807, 2.05) is 0 Å². The second-order valence-electron chi connectivity index (χ2n) is 4.99. The standard InChI is InChI=1S/C14H16F3NO3/c15-14(16,17)21-12-6-2-1-5-11(12)13(20)18-7-3-4-10(8-18)9-19/h1-2,5-6,10,19H,3-4,7-9H2. The summed E-state index contributed by atoms with van der Waals surface area (Å²) in [5, 5.41) is 9.16. The molecule has 1 aromatic rings. The zero-order valence-corrected chi connectivity index (χ0v) is 11.3. The van der Waals surface area contributed by atoms with E-state index in [1.54, 1.807) is 0 Å². The van der Waals surface area contributed by atoms with Crippen LogP contribution < -0.4 is 4.74 Å². The predicted octanol–water partition coefficient (Wildman–Crippen LogP) is 2.43. The fourth-order valence-corrected chi connectivity index (χ4v) is 2.43. The van der Waals surface area contributed by atoms with Gasteiger partial charge in [0, 0.05) is 19.7 Å². The number of aliphatic hydroxyl groups is 1. The maximum Gasteiger partial charge on any atom is 0.573 e. The summed E-state index contributed by atoms with van der Waals surface area (Å²) >= 11 is 0. The van der Waals surface area contributed by atoms with Gasteiger partial charge in [-0.2, -0.15) is 0 Å². The third-order valence-electron chi connectivity index (χ3n) is 3.41. The summed E-state index contributed by atoms with van der Waals surface area (Å²) in [6, 6.07) is 5.30. The molecule has 1 heterocycles. The molecule has 1 unspecified atom stereocenters. The number of hydrogen-bond donors (Lipinski definition) is 1. The lowest BCUT2D eigenvalue weighted by Crippen LogP contribution is -2.41. The van der Waals surface area contributed by atoms with Gasteiger partial charge >= 0.3 is 6.36 Å². The largest absolute Gasteiger partial charge is 0.573 e. The van der Waals surface area contributed by atoms with Crippen LogP contribution in [-0.4, -0.2) is 42.0 Å². The van der Waals surface area contributed by atoms with Crippen LogP contribution in [0.3, 0.4) is 0 Å². The van der Waals surface area contributed by atoms with E-state index in [-0.39, 0.29) is 18.1 Å². The Kier molecular flexibility index (Phi) is 4.72. The number of carbonyl (C=O) groups is 1. The topological polar surface area (TPSA) is 49.8 Å². The van der Waals surface area contributed by atoms with E-state index in [0.717, 1.165) is 18.9 Å². The number of rotatable bonds is 3. The summed E-state index contributed by atoms with van der Waals surface area (Å²) in [4.78, 5) is 13.8. The molecule has 1 atom stereocenters. The minimum Gasteiger partial charge on any atom is -0.405 e. The lowest BCUT2D eigenvalue weighted by atomic mass is 9.98. The molecule has 0 radical (unpaired) electrons. The summed E-state index contributed by atoms with van der Waals surface area (Å²) in [6.07, 6.45) is -3.31. The van der Waals surface area contributed by atoms with Crippen molar-refractivity contribution in [2.24, 2.45) is 5.92 Å². The number of hydrogen-bond acceptors (Lipinski definition) is 3. The highest BCUT2D eigenvalue weighted by atomic mass is 19.4. The van der Waals surface area contributed by atoms with Crippen LogP contribution in [0.4, 0.5) is 13.2 Å². The Balaban J connectivity index is 2.19. The molecule has 0 saturated carbocycles. The Labute approximate surface area is 120 Å². The molecule has 1 aromatic carbocycles. The van der Waals surface area contributed by atoms with Gasteiger partial charge in [-0.05, 0) is 30.9 Å². The number of para-hydroxylation sites is 1. The van der Waals surface area contributed by atoms with E-state index in [2.05, 4.69) is 4.74 Å². The van der Waals surface area contributed by atoms with Gasteiger partial charge in [0.1, 0.15) is 5.75 Å². The molecule has 2 rings (SSSR count). The minimum atomic E-state index is -4.84. The Morgan fingerprint density at radius 3 is 2.76 bits per heavy atom. The Bertz CT molecular complexity index is 504. The molecular formula is C14H16F3NO3. The zero-order valence-electron chi connectivity index (χ0n) is 11.3. The maximum absolute atomic E-state index is 12.4. The number of likely N-dealkylation sites (tertiary alicyclic amines) is 1. The van der Waals surface area contributed by atoms with Crippen LogP contribution in [0, 0.1) is 5.92 Å². The minimum absolute atomic E-state index is 0.0293. The second kappa shape index (κ2) is 6.34. The summed E-state index contributed by atoms with van der Waals surface area (Å²) < 4.78 is 41.0. The monoisotopic (exact) mass is 303 g/mol. The Morgan fingerprint density at radius 2 is 2.10 bits per heavy atom. The predicted molar refractivity (Wildman–Crippen MR) is 68.8 cm³/mol. The molecule has 1 saturated heterocycles. The van der Waals surface area contributed by atoms with Gasteiger partial charge in [-0.1, -0.05) is 12.1 Å². The van der Waals surface area contributed by atoms with Crippen molar-refractivity contribution < 1.29 is 27.8 Å². The normalized spacial score (nSPS) is 19.4. The first-order valence-electron chi connectivity index (χ1n) is 6.65. The summed E-state index contributed by atoms with van der Waals surface area (Å²) in [7, 11) is 0. The maximum atomic E-state index is 12.4. The average molecular weight is 303 g/mol. The van der Waals surface area contributed by atoms with E-state index in [4.69, 9.17) is 5.11 Å². The zero-order chi connectivity index (χ0) is 15.5. The van der Waals surface area contributed by atoms with Crippen LogP contribution in [0.1, 0.15) is 23.2 Å². The van der Waals surface area contributed by atoms with Crippen molar-refractivity contribution in [1.29, 1.82) is 0 Å². The van der Waals surface area contributed by atoms with Crippen LogP contribution >= 0.6 is 0 Å². The highest BCUT2D eigenvalue weighted by Gasteiger charge is 2.34. The molecule has 0 bridgehead atoms.